The molecule has 0 atom stereocenters. The van der Waals surface area contributed by atoms with Gasteiger partial charge in [0.25, 0.3) is 5.91 Å². The zero-order valence-corrected chi connectivity index (χ0v) is 14.7. The first-order valence-corrected chi connectivity index (χ1v) is 8.76. The normalized spacial score (nSPS) is 10.2. The molecular formula is C18H16N4O3S. The third kappa shape index (κ3) is 4.42. The summed E-state index contributed by atoms with van der Waals surface area (Å²) >= 11 is 1.31. The molecule has 132 valence electrons. The summed E-state index contributed by atoms with van der Waals surface area (Å²) in [4.78, 5) is 32.3. The highest BCUT2D eigenvalue weighted by atomic mass is 32.1. The summed E-state index contributed by atoms with van der Waals surface area (Å²) in [6.07, 6.45) is 1.67. The second-order valence-corrected chi connectivity index (χ2v) is 5.99. The van der Waals surface area contributed by atoms with E-state index in [4.69, 9.17) is 4.74 Å². The maximum atomic E-state index is 12.3. The molecule has 0 unspecified atom stereocenters. The van der Waals surface area contributed by atoms with Gasteiger partial charge in [-0.2, -0.15) is 0 Å². The predicted molar refractivity (Wildman–Crippen MR) is 100.0 cm³/mol. The van der Waals surface area contributed by atoms with Crippen LogP contribution in [0.1, 0.15) is 27.8 Å². The van der Waals surface area contributed by atoms with Crippen molar-refractivity contribution in [3.8, 4) is 0 Å². The number of esters is 1. The highest BCUT2D eigenvalue weighted by Crippen LogP contribution is 2.20. The van der Waals surface area contributed by atoms with Crippen LogP contribution in [0, 0.1) is 0 Å². The minimum absolute atomic E-state index is 0.294. The molecule has 0 saturated carbocycles. The Morgan fingerprint density at radius 1 is 1.15 bits per heavy atom. The zero-order valence-electron chi connectivity index (χ0n) is 13.9. The Bertz CT molecular complexity index is 894. The summed E-state index contributed by atoms with van der Waals surface area (Å²) in [5.41, 5.74) is 1.29. The Morgan fingerprint density at radius 2 is 1.96 bits per heavy atom. The smallest absolute Gasteiger partial charge is 0.338 e. The van der Waals surface area contributed by atoms with Gasteiger partial charge in [0.05, 0.1) is 12.2 Å². The van der Waals surface area contributed by atoms with Crippen molar-refractivity contribution in [2.45, 2.75) is 6.92 Å². The SMILES string of the molecule is CCOC(=O)c1ccc(NC(=O)c2csc(Nc3ccccn3)n2)cc1. The lowest BCUT2D eigenvalue weighted by atomic mass is 10.2. The molecule has 0 bridgehead atoms. The lowest BCUT2D eigenvalue weighted by Crippen LogP contribution is -2.12. The van der Waals surface area contributed by atoms with Crippen molar-refractivity contribution in [3.05, 3.63) is 65.3 Å². The molecule has 0 aliphatic rings. The Kier molecular flexibility index (Phi) is 5.55. The summed E-state index contributed by atoms with van der Waals surface area (Å²) < 4.78 is 4.92. The Morgan fingerprint density at radius 3 is 2.65 bits per heavy atom. The van der Waals surface area contributed by atoms with Gasteiger partial charge in [0.1, 0.15) is 11.5 Å². The number of aromatic nitrogens is 2. The number of anilines is 3. The molecule has 3 aromatic rings. The van der Waals surface area contributed by atoms with Crippen LogP contribution < -0.4 is 10.6 Å². The number of benzene rings is 1. The number of hydrogen-bond acceptors (Lipinski definition) is 7. The maximum Gasteiger partial charge on any atom is 0.338 e. The van der Waals surface area contributed by atoms with Crippen molar-refractivity contribution in [2.75, 3.05) is 17.2 Å². The number of nitrogens with one attached hydrogen (secondary N) is 2. The molecule has 2 N–H and O–H groups in total. The number of rotatable bonds is 6. The molecule has 7 nitrogen and oxygen atoms in total. The van der Waals surface area contributed by atoms with Crippen molar-refractivity contribution in [1.82, 2.24) is 9.97 Å². The van der Waals surface area contributed by atoms with E-state index in [9.17, 15) is 9.59 Å². The van der Waals surface area contributed by atoms with Crippen LogP contribution in [0.5, 0.6) is 0 Å². The maximum absolute atomic E-state index is 12.3. The molecule has 26 heavy (non-hydrogen) atoms. The van der Waals surface area contributed by atoms with Crippen molar-refractivity contribution in [3.63, 3.8) is 0 Å². The minimum Gasteiger partial charge on any atom is -0.462 e. The molecular weight excluding hydrogens is 352 g/mol. The van der Waals surface area contributed by atoms with E-state index in [0.717, 1.165) is 0 Å². The number of amides is 1. The van der Waals surface area contributed by atoms with Gasteiger partial charge in [-0.3, -0.25) is 4.79 Å². The first-order chi connectivity index (χ1) is 12.7. The molecule has 0 radical (unpaired) electrons. The zero-order chi connectivity index (χ0) is 18.4. The van der Waals surface area contributed by atoms with E-state index < -0.39 is 5.97 Å². The quantitative estimate of drug-likeness (QED) is 0.644. The predicted octanol–water partition coefficient (Wildman–Crippen LogP) is 3.71. The monoisotopic (exact) mass is 368 g/mol. The van der Waals surface area contributed by atoms with Gasteiger partial charge >= 0.3 is 5.97 Å². The Labute approximate surface area is 154 Å². The van der Waals surface area contributed by atoms with Gasteiger partial charge in [-0.1, -0.05) is 6.07 Å². The molecule has 2 heterocycles. The van der Waals surface area contributed by atoms with E-state index in [1.165, 1.54) is 11.3 Å². The van der Waals surface area contributed by atoms with Crippen molar-refractivity contribution in [1.29, 1.82) is 0 Å². The van der Waals surface area contributed by atoms with E-state index in [2.05, 4.69) is 20.6 Å². The van der Waals surface area contributed by atoms with Gasteiger partial charge in [0.2, 0.25) is 0 Å². The van der Waals surface area contributed by atoms with Crippen molar-refractivity contribution < 1.29 is 14.3 Å². The van der Waals surface area contributed by atoms with E-state index in [1.54, 1.807) is 42.8 Å². The summed E-state index contributed by atoms with van der Waals surface area (Å²) in [5, 5.41) is 8.02. The van der Waals surface area contributed by atoms with Crippen LogP contribution in [0.2, 0.25) is 0 Å². The molecule has 8 heteroatoms. The van der Waals surface area contributed by atoms with Crippen LogP contribution in [0.15, 0.2) is 54.0 Å². The number of ether oxygens (including phenoxy) is 1. The molecule has 0 aliphatic carbocycles. The molecule has 3 rings (SSSR count). The van der Waals surface area contributed by atoms with E-state index >= 15 is 0 Å². The third-order valence-corrected chi connectivity index (χ3v) is 4.05. The van der Waals surface area contributed by atoms with Crippen LogP contribution in [0.25, 0.3) is 0 Å². The van der Waals surface area contributed by atoms with Gasteiger partial charge in [-0.05, 0) is 43.3 Å². The fraction of sp³-hybridized carbons (Fsp3) is 0.111. The fourth-order valence-corrected chi connectivity index (χ4v) is 2.78. The van der Waals surface area contributed by atoms with Crippen LogP contribution in [0.4, 0.5) is 16.6 Å². The molecule has 1 aromatic carbocycles. The Balaban J connectivity index is 1.62. The number of hydrogen-bond donors (Lipinski definition) is 2. The van der Waals surface area contributed by atoms with E-state index in [-0.39, 0.29) is 5.91 Å². The average molecular weight is 368 g/mol. The number of nitrogens with zero attached hydrogens (tertiary/aromatic N) is 2. The van der Waals surface area contributed by atoms with Crippen molar-refractivity contribution >= 4 is 39.9 Å². The van der Waals surface area contributed by atoms with Gasteiger partial charge in [-0.15, -0.1) is 11.3 Å². The fourth-order valence-electron chi connectivity index (χ4n) is 2.08. The van der Waals surface area contributed by atoms with Gasteiger partial charge in [0, 0.05) is 17.3 Å². The van der Waals surface area contributed by atoms with Gasteiger partial charge < -0.3 is 15.4 Å². The van der Waals surface area contributed by atoms with Gasteiger partial charge in [0.15, 0.2) is 5.13 Å². The molecule has 0 saturated heterocycles. The topological polar surface area (TPSA) is 93.2 Å². The molecule has 2 aromatic heterocycles. The first-order valence-electron chi connectivity index (χ1n) is 7.88. The molecule has 0 fully saturated rings. The lowest BCUT2D eigenvalue weighted by Gasteiger charge is -2.05. The highest BCUT2D eigenvalue weighted by Gasteiger charge is 2.12. The molecule has 0 aliphatic heterocycles. The van der Waals surface area contributed by atoms with Crippen LogP contribution in [0.3, 0.4) is 0 Å². The average Bonchev–Trinajstić information content (AvgIpc) is 3.12. The number of carbonyl (C=O) groups excluding carboxylic acids is 2. The van der Waals surface area contributed by atoms with E-state index in [0.29, 0.717) is 34.5 Å². The van der Waals surface area contributed by atoms with Crippen LogP contribution in [-0.2, 0) is 4.74 Å². The first kappa shape index (κ1) is 17.6. The van der Waals surface area contributed by atoms with Crippen LogP contribution in [-0.4, -0.2) is 28.5 Å². The second-order valence-electron chi connectivity index (χ2n) is 5.13. The molecule has 0 spiro atoms. The second kappa shape index (κ2) is 8.21. The molecule has 1 amide bonds. The van der Waals surface area contributed by atoms with Gasteiger partial charge in [-0.25, -0.2) is 14.8 Å². The lowest BCUT2D eigenvalue weighted by molar-refractivity contribution is 0.0526. The summed E-state index contributed by atoms with van der Waals surface area (Å²) in [6.45, 7) is 2.06. The number of thiazole rings is 1. The highest BCUT2D eigenvalue weighted by molar-refractivity contribution is 7.14. The van der Waals surface area contributed by atoms with Crippen LogP contribution >= 0.6 is 11.3 Å². The summed E-state index contributed by atoms with van der Waals surface area (Å²) in [5.74, 6) is -0.0716. The Hall–Kier alpha value is -3.26. The van der Waals surface area contributed by atoms with E-state index in [1.807, 2.05) is 18.2 Å². The summed E-state index contributed by atoms with van der Waals surface area (Å²) in [7, 11) is 0. The summed E-state index contributed by atoms with van der Waals surface area (Å²) in [6, 6.07) is 12.0. The number of pyridine rings is 1. The third-order valence-electron chi connectivity index (χ3n) is 3.29. The standard InChI is InChI=1S/C18H16N4O3S/c1-2-25-17(24)12-6-8-13(9-7-12)20-16(23)14-11-26-18(21-14)22-15-5-3-4-10-19-15/h3-11H,2H2,1H3,(H,20,23)(H,19,21,22). The minimum atomic E-state index is -0.393. The number of carbonyl (C=O) groups is 2. The largest absolute Gasteiger partial charge is 0.462 e. The van der Waals surface area contributed by atoms with Crippen molar-refractivity contribution in [2.24, 2.45) is 0 Å².